The highest BCUT2D eigenvalue weighted by atomic mass is 32.2. The molecule has 22 heavy (non-hydrogen) atoms. The van der Waals surface area contributed by atoms with E-state index in [1.165, 1.54) is 16.5 Å². The second-order valence-corrected chi connectivity index (χ2v) is 5.34. The molecule has 0 amide bonds. The Morgan fingerprint density at radius 3 is 2.82 bits per heavy atom. The summed E-state index contributed by atoms with van der Waals surface area (Å²) < 4.78 is 4.62. The monoisotopic (exact) mass is 312 g/mol. The Bertz CT molecular complexity index is 805. The topological polar surface area (TPSA) is 69.8 Å². The van der Waals surface area contributed by atoms with Crippen LogP contribution in [-0.4, -0.2) is 11.6 Å². The highest BCUT2D eigenvalue weighted by Gasteiger charge is 2.10. The Hall–Kier alpha value is -2.65. The molecule has 0 bridgehead atoms. The van der Waals surface area contributed by atoms with Gasteiger partial charge < -0.3 is 14.6 Å². The van der Waals surface area contributed by atoms with Crippen molar-refractivity contribution in [3.05, 3.63) is 58.4 Å². The van der Waals surface area contributed by atoms with Crippen molar-refractivity contribution in [3.8, 4) is 17.2 Å². The van der Waals surface area contributed by atoms with Gasteiger partial charge in [0.25, 0.3) is 5.56 Å². The number of nitrogens with zero attached hydrogens (tertiary/aromatic N) is 2. The summed E-state index contributed by atoms with van der Waals surface area (Å²) in [7, 11) is 3.39. The maximum Gasteiger partial charge on any atom is 0.273 e. The van der Waals surface area contributed by atoms with Gasteiger partial charge in [0.1, 0.15) is 5.69 Å². The fourth-order valence-electron chi connectivity index (χ4n) is 2.09. The van der Waals surface area contributed by atoms with E-state index in [-0.39, 0.29) is 5.56 Å². The van der Waals surface area contributed by atoms with Gasteiger partial charge in [-0.25, -0.2) is 0 Å². The SMILES string of the molecule is C=CSNc1ccc(C#N)c(-c2cc(NC)c(=O)n(C)c2)c1. The summed E-state index contributed by atoms with van der Waals surface area (Å²) in [4.78, 5) is 12.0. The molecule has 0 spiro atoms. The van der Waals surface area contributed by atoms with Crippen molar-refractivity contribution in [1.82, 2.24) is 4.57 Å². The van der Waals surface area contributed by atoms with Crippen molar-refractivity contribution in [2.75, 3.05) is 17.1 Å². The molecule has 0 aliphatic heterocycles. The van der Waals surface area contributed by atoms with E-state index < -0.39 is 0 Å². The molecule has 2 aromatic rings. The Balaban J connectivity index is 2.60. The average Bonchev–Trinajstić information content (AvgIpc) is 2.55. The first-order chi connectivity index (χ1) is 10.6. The summed E-state index contributed by atoms with van der Waals surface area (Å²) in [5.41, 5.74) is 3.36. The Kier molecular flexibility index (Phi) is 4.92. The zero-order valence-electron chi connectivity index (χ0n) is 12.4. The molecule has 112 valence electrons. The van der Waals surface area contributed by atoms with Gasteiger partial charge in [0, 0.05) is 37.1 Å². The number of pyridine rings is 1. The first kappa shape index (κ1) is 15.7. The van der Waals surface area contributed by atoms with E-state index in [1.54, 1.807) is 37.8 Å². The van der Waals surface area contributed by atoms with E-state index in [0.717, 1.165) is 16.8 Å². The molecule has 6 heteroatoms. The molecule has 1 aromatic carbocycles. The van der Waals surface area contributed by atoms with Crippen LogP contribution in [0.2, 0.25) is 0 Å². The second kappa shape index (κ2) is 6.87. The van der Waals surface area contributed by atoms with E-state index in [9.17, 15) is 10.1 Å². The molecular formula is C16H16N4OS. The van der Waals surface area contributed by atoms with Crippen LogP contribution in [0.15, 0.2) is 47.2 Å². The normalized spacial score (nSPS) is 9.86. The number of aromatic nitrogens is 1. The Morgan fingerprint density at radius 1 is 1.41 bits per heavy atom. The predicted molar refractivity (Wildman–Crippen MR) is 92.8 cm³/mol. The Morgan fingerprint density at radius 2 is 2.18 bits per heavy atom. The summed E-state index contributed by atoms with van der Waals surface area (Å²) in [6.07, 6.45) is 1.73. The quantitative estimate of drug-likeness (QED) is 0.830. The van der Waals surface area contributed by atoms with Crippen molar-refractivity contribution in [3.63, 3.8) is 0 Å². The summed E-state index contributed by atoms with van der Waals surface area (Å²) in [5, 5.41) is 13.9. The van der Waals surface area contributed by atoms with E-state index in [4.69, 9.17) is 0 Å². The molecule has 0 aliphatic rings. The van der Waals surface area contributed by atoms with Crippen LogP contribution in [0.25, 0.3) is 11.1 Å². The van der Waals surface area contributed by atoms with Gasteiger partial charge in [0.05, 0.1) is 11.6 Å². The van der Waals surface area contributed by atoms with Crippen LogP contribution >= 0.6 is 11.9 Å². The van der Waals surface area contributed by atoms with Crippen LogP contribution < -0.4 is 15.6 Å². The molecule has 2 rings (SSSR count). The zero-order valence-corrected chi connectivity index (χ0v) is 13.2. The van der Waals surface area contributed by atoms with Gasteiger partial charge in [0.2, 0.25) is 0 Å². The number of aryl methyl sites for hydroxylation is 1. The lowest BCUT2D eigenvalue weighted by atomic mass is 10.0. The molecule has 0 atom stereocenters. The maximum absolute atomic E-state index is 12.0. The standard InChI is InChI=1S/C16H16N4OS/c1-4-22-19-13-6-5-11(9-17)14(8-13)12-7-15(18-2)16(21)20(3)10-12/h4-8,10,18-19H,1H2,2-3H3. The van der Waals surface area contributed by atoms with Gasteiger partial charge in [-0.15, -0.1) is 0 Å². The molecule has 1 aromatic heterocycles. The van der Waals surface area contributed by atoms with Crippen molar-refractivity contribution in [2.45, 2.75) is 0 Å². The second-order valence-electron chi connectivity index (χ2n) is 4.57. The molecule has 0 saturated heterocycles. The largest absolute Gasteiger partial charge is 0.384 e. The summed E-state index contributed by atoms with van der Waals surface area (Å²) in [5.74, 6) is 0. The number of nitrogens with one attached hydrogen (secondary N) is 2. The van der Waals surface area contributed by atoms with Gasteiger partial charge in [-0.2, -0.15) is 5.26 Å². The third-order valence-corrected chi connectivity index (χ3v) is 3.68. The minimum absolute atomic E-state index is 0.110. The maximum atomic E-state index is 12.0. The van der Waals surface area contributed by atoms with Crippen molar-refractivity contribution in [1.29, 1.82) is 5.26 Å². The minimum Gasteiger partial charge on any atom is -0.384 e. The van der Waals surface area contributed by atoms with Crippen LogP contribution in [0.4, 0.5) is 11.4 Å². The molecule has 2 N–H and O–H groups in total. The zero-order chi connectivity index (χ0) is 16.1. The van der Waals surface area contributed by atoms with Crippen molar-refractivity contribution < 1.29 is 0 Å². The van der Waals surface area contributed by atoms with Gasteiger partial charge in [-0.1, -0.05) is 6.58 Å². The number of hydrogen-bond acceptors (Lipinski definition) is 5. The van der Waals surface area contributed by atoms with Crippen LogP contribution in [0.1, 0.15) is 5.56 Å². The number of rotatable bonds is 5. The molecule has 0 saturated carbocycles. The molecule has 0 aliphatic carbocycles. The number of benzene rings is 1. The van der Waals surface area contributed by atoms with Gasteiger partial charge >= 0.3 is 0 Å². The van der Waals surface area contributed by atoms with Gasteiger partial charge in [-0.3, -0.25) is 4.79 Å². The van der Waals surface area contributed by atoms with Crippen LogP contribution in [-0.2, 0) is 7.05 Å². The van der Waals surface area contributed by atoms with Gasteiger partial charge in [0.15, 0.2) is 0 Å². The van der Waals surface area contributed by atoms with E-state index in [2.05, 4.69) is 22.7 Å². The fraction of sp³-hybridized carbons (Fsp3) is 0.125. The number of anilines is 2. The van der Waals surface area contributed by atoms with Crippen LogP contribution in [0.5, 0.6) is 0 Å². The third-order valence-electron chi connectivity index (χ3n) is 3.16. The summed E-state index contributed by atoms with van der Waals surface area (Å²) >= 11 is 1.36. The molecule has 1 heterocycles. The lowest BCUT2D eigenvalue weighted by molar-refractivity contribution is 0.864. The molecular weight excluding hydrogens is 296 g/mol. The molecule has 0 fully saturated rings. The van der Waals surface area contributed by atoms with Crippen molar-refractivity contribution >= 4 is 23.3 Å². The van der Waals surface area contributed by atoms with E-state index in [0.29, 0.717) is 11.3 Å². The highest BCUT2D eigenvalue weighted by Crippen LogP contribution is 2.28. The minimum atomic E-state index is -0.110. The first-order valence-corrected chi connectivity index (χ1v) is 7.44. The molecule has 0 unspecified atom stereocenters. The average molecular weight is 312 g/mol. The third kappa shape index (κ3) is 3.15. The lowest BCUT2D eigenvalue weighted by Gasteiger charge is -2.11. The molecule has 5 nitrogen and oxygen atoms in total. The lowest BCUT2D eigenvalue weighted by Crippen LogP contribution is -2.19. The Labute approximate surface area is 133 Å². The summed E-state index contributed by atoms with van der Waals surface area (Å²) in [6, 6.07) is 9.41. The number of nitriles is 1. The highest BCUT2D eigenvalue weighted by molar-refractivity contribution is 8.03. The van der Waals surface area contributed by atoms with E-state index in [1.807, 2.05) is 12.1 Å². The van der Waals surface area contributed by atoms with Crippen LogP contribution in [0.3, 0.4) is 0 Å². The summed E-state index contributed by atoms with van der Waals surface area (Å²) in [6.45, 7) is 3.64. The van der Waals surface area contributed by atoms with Gasteiger partial charge in [-0.05, 0) is 41.6 Å². The van der Waals surface area contributed by atoms with Crippen molar-refractivity contribution in [2.24, 2.45) is 7.05 Å². The number of hydrogen-bond donors (Lipinski definition) is 2. The first-order valence-electron chi connectivity index (χ1n) is 6.56. The fourth-order valence-corrected chi connectivity index (χ4v) is 2.44. The van der Waals surface area contributed by atoms with E-state index >= 15 is 0 Å². The molecule has 0 radical (unpaired) electrons. The van der Waals surface area contributed by atoms with Crippen LogP contribution in [0, 0.1) is 11.3 Å². The smallest absolute Gasteiger partial charge is 0.273 e. The predicted octanol–water partition coefficient (Wildman–Crippen LogP) is 3.17.